The van der Waals surface area contributed by atoms with Crippen LogP contribution in [0.2, 0.25) is 0 Å². The molecule has 0 aliphatic rings. The van der Waals surface area contributed by atoms with Gasteiger partial charge in [0.25, 0.3) is 0 Å². The van der Waals surface area contributed by atoms with Crippen molar-refractivity contribution in [1.82, 2.24) is 19.5 Å². The SMILES string of the molecule is c1ccc(-c2cccc(-c3cccc4oc5ccc(-n6c7ccccc7c7cccc(-c8nc(-c9ccccc9)nc(-c9ccccc9)n8)c76)cc5c34)c2)cc1. The van der Waals surface area contributed by atoms with Gasteiger partial charge in [0.15, 0.2) is 17.5 Å². The zero-order valence-electron chi connectivity index (χ0n) is 30.2. The Balaban J connectivity index is 1.15. The molecule has 262 valence electrons. The van der Waals surface area contributed by atoms with E-state index in [0.717, 1.165) is 77.2 Å². The largest absolute Gasteiger partial charge is 0.456 e. The normalized spacial score (nSPS) is 11.6. The van der Waals surface area contributed by atoms with Gasteiger partial charge in [-0.1, -0.05) is 152 Å². The number of rotatable bonds is 6. The third-order valence-electron chi connectivity index (χ3n) is 10.7. The minimum Gasteiger partial charge on any atom is -0.456 e. The number of fused-ring (bicyclic) bond motifs is 6. The molecule has 5 nitrogen and oxygen atoms in total. The summed E-state index contributed by atoms with van der Waals surface area (Å²) in [5.74, 6) is 1.87. The number of furan rings is 1. The molecule has 0 N–H and O–H groups in total. The molecule has 8 aromatic carbocycles. The minimum atomic E-state index is 0.614. The fraction of sp³-hybridized carbons (Fsp3) is 0. The van der Waals surface area contributed by atoms with Gasteiger partial charge in [-0.2, -0.15) is 0 Å². The van der Waals surface area contributed by atoms with Crippen LogP contribution >= 0.6 is 0 Å². The van der Waals surface area contributed by atoms with Crippen LogP contribution in [0.15, 0.2) is 199 Å². The molecule has 0 fully saturated rings. The van der Waals surface area contributed by atoms with Crippen molar-refractivity contribution in [2.24, 2.45) is 0 Å². The summed E-state index contributed by atoms with van der Waals surface area (Å²) in [6.45, 7) is 0. The summed E-state index contributed by atoms with van der Waals surface area (Å²) in [4.78, 5) is 15.3. The van der Waals surface area contributed by atoms with Crippen LogP contribution in [0, 0.1) is 0 Å². The number of hydrogen-bond acceptors (Lipinski definition) is 4. The van der Waals surface area contributed by atoms with Crippen molar-refractivity contribution in [1.29, 1.82) is 0 Å². The lowest BCUT2D eigenvalue weighted by Gasteiger charge is -2.13. The maximum absolute atomic E-state index is 6.54. The van der Waals surface area contributed by atoms with Crippen LogP contribution in [0.4, 0.5) is 0 Å². The molecular weight excluding hydrogens is 685 g/mol. The van der Waals surface area contributed by atoms with Crippen molar-refractivity contribution < 1.29 is 4.42 Å². The molecule has 0 aliphatic carbocycles. The first-order valence-corrected chi connectivity index (χ1v) is 18.8. The Kier molecular flexibility index (Phi) is 7.42. The summed E-state index contributed by atoms with van der Waals surface area (Å²) in [6, 6.07) is 67.4. The highest BCUT2D eigenvalue weighted by atomic mass is 16.3. The monoisotopic (exact) mass is 716 g/mol. The quantitative estimate of drug-likeness (QED) is 0.172. The van der Waals surface area contributed by atoms with E-state index in [1.165, 1.54) is 11.1 Å². The lowest BCUT2D eigenvalue weighted by molar-refractivity contribution is 0.669. The van der Waals surface area contributed by atoms with Gasteiger partial charge in [0.05, 0.1) is 11.0 Å². The van der Waals surface area contributed by atoms with Gasteiger partial charge in [-0.15, -0.1) is 0 Å². The van der Waals surface area contributed by atoms with Crippen molar-refractivity contribution in [3.63, 3.8) is 0 Å². The first kappa shape index (κ1) is 31.9. The van der Waals surface area contributed by atoms with Crippen molar-refractivity contribution in [3.05, 3.63) is 194 Å². The number of aromatic nitrogens is 4. The topological polar surface area (TPSA) is 56.7 Å². The van der Waals surface area contributed by atoms with E-state index in [4.69, 9.17) is 19.4 Å². The first-order valence-electron chi connectivity index (χ1n) is 18.8. The van der Waals surface area contributed by atoms with E-state index in [1.54, 1.807) is 0 Å². The van der Waals surface area contributed by atoms with E-state index >= 15 is 0 Å². The summed E-state index contributed by atoms with van der Waals surface area (Å²) >= 11 is 0. The van der Waals surface area contributed by atoms with Gasteiger partial charge in [0.2, 0.25) is 0 Å². The van der Waals surface area contributed by atoms with Crippen molar-refractivity contribution >= 4 is 43.7 Å². The number of para-hydroxylation sites is 2. The zero-order valence-corrected chi connectivity index (χ0v) is 30.2. The van der Waals surface area contributed by atoms with Gasteiger partial charge in [0.1, 0.15) is 11.2 Å². The minimum absolute atomic E-state index is 0.614. The fourth-order valence-corrected chi connectivity index (χ4v) is 8.09. The van der Waals surface area contributed by atoms with Crippen LogP contribution in [0.1, 0.15) is 0 Å². The van der Waals surface area contributed by atoms with Crippen LogP contribution in [-0.2, 0) is 0 Å². The van der Waals surface area contributed by atoms with E-state index in [1.807, 2.05) is 60.7 Å². The smallest absolute Gasteiger partial charge is 0.166 e. The van der Waals surface area contributed by atoms with Gasteiger partial charge in [-0.3, -0.25) is 0 Å². The number of benzene rings is 8. The Labute approximate surface area is 322 Å². The third-order valence-corrected chi connectivity index (χ3v) is 10.7. The summed E-state index contributed by atoms with van der Waals surface area (Å²) in [5, 5.41) is 4.42. The van der Waals surface area contributed by atoms with Crippen molar-refractivity contribution in [2.45, 2.75) is 0 Å². The van der Waals surface area contributed by atoms with E-state index in [0.29, 0.717) is 17.5 Å². The third kappa shape index (κ3) is 5.29. The fourth-order valence-electron chi connectivity index (χ4n) is 8.09. The average Bonchev–Trinajstić information content (AvgIpc) is 3.83. The highest BCUT2D eigenvalue weighted by Gasteiger charge is 2.21. The molecule has 0 aliphatic heterocycles. The molecule has 0 unspecified atom stereocenters. The Morgan fingerprint density at radius 3 is 1.68 bits per heavy atom. The molecule has 5 heteroatoms. The van der Waals surface area contributed by atoms with Crippen LogP contribution in [0.25, 0.3) is 106 Å². The number of nitrogens with zero attached hydrogens (tertiary/aromatic N) is 4. The Morgan fingerprint density at radius 1 is 0.357 bits per heavy atom. The molecule has 11 aromatic rings. The predicted octanol–water partition coefficient (Wildman–Crippen LogP) is 13.2. The van der Waals surface area contributed by atoms with Crippen LogP contribution < -0.4 is 0 Å². The molecule has 0 bridgehead atoms. The van der Waals surface area contributed by atoms with E-state index in [9.17, 15) is 0 Å². The molecule has 11 rings (SSSR count). The molecular formula is C51H32N4O. The Morgan fingerprint density at radius 2 is 0.929 bits per heavy atom. The Hall–Kier alpha value is -7.63. The Bertz CT molecular complexity index is 3180. The summed E-state index contributed by atoms with van der Waals surface area (Å²) in [6.07, 6.45) is 0. The molecule has 0 saturated heterocycles. The lowest BCUT2D eigenvalue weighted by Crippen LogP contribution is -2.02. The molecule has 3 heterocycles. The second-order valence-electron chi connectivity index (χ2n) is 14.0. The standard InChI is InChI=1S/C51H32N4O/c1-4-15-33(16-5-1)36-21-12-22-37(31-36)39-24-14-28-46-47(39)43-32-38(29-30-45(43)56-46)55-44-27-11-10-23-40(44)41-25-13-26-42(48(41)55)51-53-49(34-17-6-2-7-18-34)52-50(54-51)35-19-8-3-9-20-35/h1-32H. The molecule has 3 aromatic heterocycles. The summed E-state index contributed by atoms with van der Waals surface area (Å²) in [5.41, 5.74) is 12.3. The molecule has 0 atom stereocenters. The van der Waals surface area contributed by atoms with Crippen molar-refractivity contribution in [3.8, 4) is 62.1 Å². The average molecular weight is 717 g/mol. The predicted molar refractivity (Wildman–Crippen MR) is 229 cm³/mol. The van der Waals surface area contributed by atoms with Gasteiger partial charge in [-0.05, 0) is 64.7 Å². The van der Waals surface area contributed by atoms with E-state index < -0.39 is 0 Å². The van der Waals surface area contributed by atoms with Gasteiger partial charge < -0.3 is 8.98 Å². The summed E-state index contributed by atoms with van der Waals surface area (Å²) in [7, 11) is 0. The van der Waals surface area contributed by atoms with Crippen LogP contribution in [-0.4, -0.2) is 19.5 Å². The molecule has 0 saturated carbocycles. The molecule has 0 amide bonds. The number of hydrogen-bond donors (Lipinski definition) is 0. The van der Waals surface area contributed by atoms with E-state index in [2.05, 4.69) is 138 Å². The second kappa shape index (κ2) is 13.0. The lowest BCUT2D eigenvalue weighted by atomic mass is 9.96. The van der Waals surface area contributed by atoms with Gasteiger partial charge >= 0.3 is 0 Å². The zero-order chi connectivity index (χ0) is 37.0. The van der Waals surface area contributed by atoms with Crippen molar-refractivity contribution in [2.75, 3.05) is 0 Å². The van der Waals surface area contributed by atoms with Crippen LogP contribution in [0.3, 0.4) is 0 Å². The molecule has 56 heavy (non-hydrogen) atoms. The molecule has 0 spiro atoms. The highest BCUT2D eigenvalue weighted by Crippen LogP contribution is 2.42. The summed E-state index contributed by atoms with van der Waals surface area (Å²) < 4.78 is 8.90. The molecule has 0 radical (unpaired) electrons. The second-order valence-corrected chi connectivity index (χ2v) is 14.0. The van der Waals surface area contributed by atoms with Crippen LogP contribution in [0.5, 0.6) is 0 Å². The van der Waals surface area contributed by atoms with Gasteiger partial charge in [-0.25, -0.2) is 15.0 Å². The van der Waals surface area contributed by atoms with E-state index in [-0.39, 0.29) is 0 Å². The first-order chi connectivity index (χ1) is 27.8. The maximum atomic E-state index is 6.54. The highest BCUT2D eigenvalue weighted by molar-refractivity contribution is 6.15. The van der Waals surface area contributed by atoms with Gasteiger partial charge in [0, 0.05) is 43.9 Å². The maximum Gasteiger partial charge on any atom is 0.166 e.